The van der Waals surface area contributed by atoms with Crippen LogP contribution in [0.2, 0.25) is 0 Å². The first kappa shape index (κ1) is 30.3. The molecule has 0 radical (unpaired) electrons. The second-order valence-corrected chi connectivity index (χ2v) is 10.9. The van der Waals surface area contributed by atoms with Gasteiger partial charge in [-0.2, -0.15) is 4.68 Å². The third-order valence-corrected chi connectivity index (χ3v) is 7.91. The Morgan fingerprint density at radius 1 is 0.930 bits per heavy atom. The number of aliphatic hydroxyl groups excluding tert-OH is 1. The van der Waals surface area contributed by atoms with Crippen LogP contribution in [-0.2, 0) is 25.7 Å². The number of nitrogens with one attached hydrogen (secondary N) is 2. The number of nitrogens with zero attached hydrogens (tertiary/aromatic N) is 4. The summed E-state index contributed by atoms with van der Waals surface area (Å²) in [5.41, 5.74) is 5.62. The molecule has 0 spiro atoms. The highest BCUT2D eigenvalue weighted by Gasteiger charge is 2.32. The molecule has 43 heavy (non-hydrogen) atoms. The molecule has 1 aliphatic rings. The van der Waals surface area contributed by atoms with Gasteiger partial charge < -0.3 is 19.9 Å². The summed E-state index contributed by atoms with van der Waals surface area (Å²) >= 11 is 1.50. The maximum atomic E-state index is 12.3. The lowest BCUT2D eigenvalue weighted by molar-refractivity contribution is -0.245. The third-order valence-electron chi connectivity index (χ3n) is 6.85. The van der Waals surface area contributed by atoms with Crippen LogP contribution in [0.3, 0.4) is 0 Å². The normalized spacial score (nSPS) is 18.2. The van der Waals surface area contributed by atoms with Crippen LogP contribution in [0, 0.1) is 0 Å². The fourth-order valence-corrected chi connectivity index (χ4v) is 5.51. The first-order valence-corrected chi connectivity index (χ1v) is 14.8. The van der Waals surface area contributed by atoms with Crippen LogP contribution < -0.4 is 10.8 Å². The number of para-hydroxylation sites is 1. The molecule has 3 aromatic carbocycles. The number of hydrogen-bond donors (Lipinski definition) is 4. The van der Waals surface area contributed by atoms with Crippen molar-refractivity contribution >= 4 is 29.3 Å². The van der Waals surface area contributed by atoms with Crippen LogP contribution >= 0.6 is 11.8 Å². The summed E-state index contributed by atoms with van der Waals surface area (Å²) in [6, 6.07) is 24.6. The number of aliphatic hydroxyl groups is 1. The topological polar surface area (TPSA) is 161 Å². The molecule has 2 heterocycles. The standard InChI is InChI=1S/C30H32N6O6S/c37-18-20-9-11-21(12-10-20)26-17-25(19-43-30-32-34-35-36(30)24-5-2-1-3-6-24)41-29(42-26)22-13-15-23(16-14-22)31-27(38)7-4-8-28(39)33-40/h1-3,5-6,9-16,25-26,29,37,40H,4,7-8,17-19H2,(H,31,38)(H,33,39)/t25-,26+,29+/m1/s1. The molecule has 0 bridgehead atoms. The largest absolute Gasteiger partial charge is 0.392 e. The Hall–Kier alpha value is -4.14. The van der Waals surface area contributed by atoms with Crippen molar-refractivity contribution in [1.82, 2.24) is 25.7 Å². The lowest BCUT2D eigenvalue weighted by Gasteiger charge is -2.36. The summed E-state index contributed by atoms with van der Waals surface area (Å²) in [5, 5.41) is 33.7. The van der Waals surface area contributed by atoms with E-state index in [2.05, 4.69) is 20.8 Å². The number of carbonyl (C=O) groups excluding carboxylic acids is 2. The predicted octanol–water partition coefficient (Wildman–Crippen LogP) is 4.11. The molecule has 224 valence electrons. The molecule has 1 aromatic heterocycles. The van der Waals surface area contributed by atoms with Crippen molar-refractivity contribution < 1.29 is 29.4 Å². The Kier molecular flexibility index (Phi) is 10.5. The fourth-order valence-electron chi connectivity index (χ4n) is 4.60. The van der Waals surface area contributed by atoms with Gasteiger partial charge in [-0.25, -0.2) is 5.48 Å². The summed E-state index contributed by atoms with van der Waals surface area (Å²) in [6.45, 7) is -0.0339. The zero-order chi connectivity index (χ0) is 30.0. The van der Waals surface area contributed by atoms with Crippen LogP contribution in [0.15, 0.2) is 84.0 Å². The maximum absolute atomic E-state index is 12.3. The number of benzene rings is 3. The molecule has 1 aliphatic heterocycles. The van der Waals surface area contributed by atoms with Gasteiger partial charge in [-0.05, 0) is 52.2 Å². The number of thioether (sulfide) groups is 1. The van der Waals surface area contributed by atoms with Crippen LogP contribution in [0.4, 0.5) is 5.69 Å². The molecular weight excluding hydrogens is 572 g/mol. The number of amides is 2. The van der Waals surface area contributed by atoms with Crippen molar-refractivity contribution in [2.45, 2.75) is 55.9 Å². The highest BCUT2D eigenvalue weighted by molar-refractivity contribution is 7.99. The molecule has 13 heteroatoms. The van der Waals surface area contributed by atoms with Gasteiger partial charge in [0, 0.05) is 36.3 Å². The fraction of sp³-hybridized carbons (Fsp3) is 0.300. The highest BCUT2D eigenvalue weighted by atomic mass is 32.2. The van der Waals surface area contributed by atoms with Gasteiger partial charge >= 0.3 is 0 Å². The molecule has 1 saturated heterocycles. The maximum Gasteiger partial charge on any atom is 0.243 e. The minimum atomic E-state index is -0.659. The van der Waals surface area contributed by atoms with Crippen molar-refractivity contribution in [3.63, 3.8) is 0 Å². The van der Waals surface area contributed by atoms with Gasteiger partial charge in [0.05, 0.1) is 24.5 Å². The molecule has 3 atom stereocenters. The van der Waals surface area contributed by atoms with E-state index in [0.717, 1.165) is 22.4 Å². The Labute approximate surface area is 252 Å². The van der Waals surface area contributed by atoms with E-state index in [4.69, 9.17) is 14.7 Å². The van der Waals surface area contributed by atoms with Gasteiger partial charge in [0.2, 0.25) is 17.0 Å². The molecule has 0 unspecified atom stereocenters. The van der Waals surface area contributed by atoms with Gasteiger partial charge in [0.25, 0.3) is 0 Å². The van der Waals surface area contributed by atoms with E-state index < -0.39 is 12.2 Å². The molecule has 1 fully saturated rings. The van der Waals surface area contributed by atoms with E-state index in [0.29, 0.717) is 29.4 Å². The van der Waals surface area contributed by atoms with E-state index >= 15 is 0 Å². The lowest BCUT2D eigenvalue weighted by Crippen LogP contribution is -2.31. The van der Waals surface area contributed by atoms with E-state index in [1.165, 1.54) is 11.8 Å². The van der Waals surface area contributed by atoms with Crippen LogP contribution in [-0.4, -0.2) is 54.2 Å². The molecule has 4 N–H and O–H groups in total. The average molecular weight is 605 g/mol. The molecule has 0 aliphatic carbocycles. The molecular formula is C30H32N6O6S. The number of rotatable bonds is 12. The SMILES string of the molecule is O=C(CCCC(=O)Nc1ccc([C@H]2O[C@@H](CSc3nnnn3-c3ccccc3)C[C@@H](c3ccc(CO)cc3)O2)cc1)NO. The summed E-state index contributed by atoms with van der Waals surface area (Å²) in [7, 11) is 0. The Balaban J connectivity index is 1.27. The second-order valence-electron chi connectivity index (χ2n) is 9.93. The monoisotopic (exact) mass is 604 g/mol. The number of anilines is 1. The number of aromatic nitrogens is 4. The summed E-state index contributed by atoms with van der Waals surface area (Å²) in [6.07, 6.45) is 0.0289. The Morgan fingerprint density at radius 3 is 2.37 bits per heavy atom. The smallest absolute Gasteiger partial charge is 0.243 e. The van der Waals surface area contributed by atoms with E-state index in [1.807, 2.05) is 66.7 Å². The molecule has 0 saturated carbocycles. The van der Waals surface area contributed by atoms with Crippen LogP contribution in [0.1, 0.15) is 54.8 Å². The van der Waals surface area contributed by atoms with Gasteiger partial charge in [-0.1, -0.05) is 66.4 Å². The summed E-state index contributed by atoms with van der Waals surface area (Å²) in [4.78, 5) is 23.4. The second kappa shape index (κ2) is 14.8. The highest BCUT2D eigenvalue weighted by Crippen LogP contribution is 2.39. The quantitative estimate of drug-likeness (QED) is 0.105. The van der Waals surface area contributed by atoms with Crippen LogP contribution in [0.5, 0.6) is 0 Å². The molecule has 5 rings (SSSR count). The molecule has 4 aromatic rings. The number of carbonyl (C=O) groups is 2. The summed E-state index contributed by atoms with van der Waals surface area (Å²) < 4.78 is 14.5. The Bertz CT molecular complexity index is 1490. The average Bonchev–Trinajstić information content (AvgIpc) is 3.53. The van der Waals surface area contributed by atoms with Crippen molar-refractivity contribution in [1.29, 1.82) is 0 Å². The minimum Gasteiger partial charge on any atom is -0.392 e. The van der Waals surface area contributed by atoms with Gasteiger partial charge in [0.1, 0.15) is 0 Å². The van der Waals surface area contributed by atoms with Crippen molar-refractivity contribution in [3.05, 3.63) is 95.6 Å². The van der Waals surface area contributed by atoms with Gasteiger partial charge in [0.15, 0.2) is 6.29 Å². The van der Waals surface area contributed by atoms with Gasteiger partial charge in [-0.15, -0.1) is 5.10 Å². The van der Waals surface area contributed by atoms with Crippen LogP contribution in [0.25, 0.3) is 5.69 Å². The first-order chi connectivity index (χ1) is 21.0. The molecule has 2 amide bonds. The predicted molar refractivity (Wildman–Crippen MR) is 157 cm³/mol. The molecule has 12 nitrogen and oxygen atoms in total. The zero-order valence-corrected chi connectivity index (χ0v) is 24.0. The van der Waals surface area contributed by atoms with Crippen molar-refractivity contribution in [3.8, 4) is 5.69 Å². The number of hydroxylamine groups is 1. The summed E-state index contributed by atoms with van der Waals surface area (Å²) in [5.74, 6) is -0.176. The van der Waals surface area contributed by atoms with Gasteiger partial charge in [-0.3, -0.25) is 14.8 Å². The van der Waals surface area contributed by atoms with E-state index in [1.54, 1.807) is 22.3 Å². The minimum absolute atomic E-state index is 0.0339. The van der Waals surface area contributed by atoms with E-state index in [-0.39, 0.29) is 37.6 Å². The van der Waals surface area contributed by atoms with Crippen molar-refractivity contribution in [2.24, 2.45) is 0 Å². The lowest BCUT2D eigenvalue weighted by atomic mass is 10.0. The van der Waals surface area contributed by atoms with E-state index in [9.17, 15) is 14.7 Å². The third kappa shape index (κ3) is 8.24. The Morgan fingerprint density at radius 2 is 1.65 bits per heavy atom. The first-order valence-electron chi connectivity index (χ1n) is 13.8. The zero-order valence-electron chi connectivity index (χ0n) is 23.2. The van der Waals surface area contributed by atoms with Crippen molar-refractivity contribution in [2.75, 3.05) is 11.1 Å². The number of ether oxygens (including phenoxy) is 2. The number of hydrogen-bond acceptors (Lipinski definition) is 10. The number of tetrazole rings is 1.